The van der Waals surface area contributed by atoms with Gasteiger partial charge in [-0.1, -0.05) is 29.4 Å². The van der Waals surface area contributed by atoms with Crippen molar-refractivity contribution in [2.75, 3.05) is 18.1 Å². The average molecular weight is 380 g/mol. The van der Waals surface area contributed by atoms with Gasteiger partial charge in [0, 0.05) is 28.3 Å². The number of benzene rings is 2. The Kier molecular flexibility index (Phi) is 4.90. The van der Waals surface area contributed by atoms with Crippen LogP contribution in [0.5, 0.6) is 5.75 Å². The molecule has 3 aromatic rings. The number of fused-ring (bicyclic) bond motifs is 3. The summed E-state index contributed by atoms with van der Waals surface area (Å²) < 4.78 is 11.3. The fraction of sp³-hybridized carbons (Fsp3) is 0.238. The third-order valence-corrected chi connectivity index (χ3v) is 5.61. The molecule has 1 aromatic heterocycles. The minimum Gasteiger partial charge on any atom is -0.492 e. The van der Waals surface area contributed by atoms with Crippen LogP contribution in [0, 0.1) is 0 Å². The number of hydrogen-bond donors (Lipinski definition) is 0. The van der Waals surface area contributed by atoms with Crippen molar-refractivity contribution >= 4 is 23.4 Å². The van der Waals surface area contributed by atoms with Crippen LogP contribution in [0.2, 0.25) is 0 Å². The summed E-state index contributed by atoms with van der Waals surface area (Å²) in [5, 5.41) is 4.15. The van der Waals surface area contributed by atoms with E-state index in [4.69, 9.17) is 9.26 Å². The first-order valence-corrected chi connectivity index (χ1v) is 9.97. The SMILES string of the molecule is CCOc1ccccc1N(CC)C(=O)c1noc2c1CSc1ccccc1-2. The van der Waals surface area contributed by atoms with E-state index in [9.17, 15) is 4.79 Å². The number of rotatable bonds is 5. The van der Waals surface area contributed by atoms with Gasteiger partial charge in [-0.2, -0.15) is 0 Å². The van der Waals surface area contributed by atoms with Crippen molar-refractivity contribution in [3.05, 3.63) is 59.8 Å². The van der Waals surface area contributed by atoms with Gasteiger partial charge in [-0.05, 0) is 38.1 Å². The maximum Gasteiger partial charge on any atom is 0.280 e. The monoisotopic (exact) mass is 380 g/mol. The summed E-state index contributed by atoms with van der Waals surface area (Å²) in [7, 11) is 0. The van der Waals surface area contributed by atoms with Crippen LogP contribution in [-0.2, 0) is 5.75 Å². The first kappa shape index (κ1) is 17.7. The number of carbonyl (C=O) groups excluding carboxylic acids is 1. The maximum atomic E-state index is 13.3. The molecule has 0 saturated heterocycles. The molecule has 0 saturated carbocycles. The number of nitrogens with zero attached hydrogens (tertiary/aromatic N) is 2. The summed E-state index contributed by atoms with van der Waals surface area (Å²) in [6.07, 6.45) is 0. The Morgan fingerprint density at radius 2 is 1.96 bits per heavy atom. The molecule has 0 spiro atoms. The van der Waals surface area contributed by atoms with E-state index in [0.717, 1.165) is 21.7 Å². The number of para-hydroxylation sites is 2. The van der Waals surface area contributed by atoms with Gasteiger partial charge >= 0.3 is 0 Å². The highest BCUT2D eigenvalue weighted by Gasteiger charge is 2.31. The molecule has 0 radical (unpaired) electrons. The molecule has 0 bridgehead atoms. The van der Waals surface area contributed by atoms with Crippen molar-refractivity contribution < 1.29 is 14.1 Å². The van der Waals surface area contributed by atoms with Crippen LogP contribution in [0.25, 0.3) is 11.3 Å². The first-order valence-electron chi connectivity index (χ1n) is 8.99. The van der Waals surface area contributed by atoms with Crippen LogP contribution in [-0.4, -0.2) is 24.2 Å². The molecule has 27 heavy (non-hydrogen) atoms. The van der Waals surface area contributed by atoms with E-state index < -0.39 is 0 Å². The molecular weight excluding hydrogens is 360 g/mol. The van der Waals surface area contributed by atoms with E-state index in [1.807, 2.05) is 56.3 Å². The second-order valence-electron chi connectivity index (χ2n) is 6.07. The van der Waals surface area contributed by atoms with Gasteiger partial charge in [-0.3, -0.25) is 4.79 Å². The number of thioether (sulfide) groups is 1. The number of aromatic nitrogens is 1. The topological polar surface area (TPSA) is 55.6 Å². The van der Waals surface area contributed by atoms with Crippen molar-refractivity contribution in [3.8, 4) is 17.1 Å². The van der Waals surface area contributed by atoms with Crippen molar-refractivity contribution in [1.29, 1.82) is 0 Å². The van der Waals surface area contributed by atoms with Crippen molar-refractivity contribution in [1.82, 2.24) is 5.16 Å². The summed E-state index contributed by atoms with van der Waals surface area (Å²) in [6.45, 7) is 4.92. The average Bonchev–Trinajstić information content (AvgIpc) is 3.14. The van der Waals surface area contributed by atoms with Crippen molar-refractivity contribution in [2.45, 2.75) is 24.5 Å². The lowest BCUT2D eigenvalue weighted by atomic mass is 10.1. The molecule has 138 valence electrons. The number of hydrogen-bond acceptors (Lipinski definition) is 5. The molecular formula is C21H20N2O3S. The van der Waals surface area contributed by atoms with Gasteiger partial charge in [0.15, 0.2) is 11.5 Å². The molecule has 0 atom stereocenters. The van der Waals surface area contributed by atoms with Crippen LogP contribution in [0.1, 0.15) is 29.9 Å². The third-order valence-electron chi connectivity index (χ3n) is 4.51. The Labute approximate surface area is 162 Å². The zero-order valence-corrected chi connectivity index (χ0v) is 16.1. The molecule has 5 nitrogen and oxygen atoms in total. The van der Waals surface area contributed by atoms with E-state index in [2.05, 4.69) is 11.2 Å². The molecule has 1 amide bonds. The van der Waals surface area contributed by atoms with Crippen molar-refractivity contribution in [3.63, 3.8) is 0 Å². The quantitative estimate of drug-likeness (QED) is 0.622. The second-order valence-corrected chi connectivity index (χ2v) is 7.09. The molecule has 4 rings (SSSR count). The number of ether oxygens (including phenoxy) is 1. The van der Waals surface area contributed by atoms with E-state index in [0.29, 0.717) is 36.1 Å². The first-order chi connectivity index (χ1) is 13.2. The fourth-order valence-electron chi connectivity index (χ4n) is 3.26. The third kappa shape index (κ3) is 3.10. The van der Waals surface area contributed by atoms with Gasteiger partial charge in [-0.15, -0.1) is 11.8 Å². The number of anilines is 1. The smallest absolute Gasteiger partial charge is 0.280 e. The fourth-order valence-corrected chi connectivity index (χ4v) is 4.32. The second kappa shape index (κ2) is 7.48. The standard InChI is InChI=1S/C21H20N2O3S/c1-3-23(16-10-6-7-11-17(16)25-4-2)21(24)19-15-13-27-18-12-8-5-9-14(18)20(15)26-22-19/h5-12H,3-4,13H2,1-2H3. The van der Waals surface area contributed by atoms with E-state index >= 15 is 0 Å². The highest BCUT2D eigenvalue weighted by molar-refractivity contribution is 7.98. The van der Waals surface area contributed by atoms with Gasteiger partial charge in [-0.25, -0.2) is 0 Å². The Hall–Kier alpha value is -2.73. The molecule has 0 fully saturated rings. The molecule has 2 aromatic carbocycles. The van der Waals surface area contributed by atoms with Crippen LogP contribution in [0.3, 0.4) is 0 Å². The van der Waals surface area contributed by atoms with Gasteiger partial charge in [0.1, 0.15) is 5.75 Å². The Morgan fingerprint density at radius 3 is 2.78 bits per heavy atom. The zero-order valence-electron chi connectivity index (χ0n) is 15.3. The molecule has 0 aliphatic carbocycles. The predicted molar refractivity (Wildman–Crippen MR) is 106 cm³/mol. The minimum absolute atomic E-state index is 0.172. The van der Waals surface area contributed by atoms with Crippen LogP contribution >= 0.6 is 11.8 Å². The van der Waals surface area contributed by atoms with Gasteiger partial charge in [0.05, 0.1) is 12.3 Å². The van der Waals surface area contributed by atoms with Crippen molar-refractivity contribution in [2.24, 2.45) is 0 Å². The van der Waals surface area contributed by atoms with Crippen LogP contribution in [0.4, 0.5) is 5.69 Å². The highest BCUT2D eigenvalue weighted by atomic mass is 32.2. The molecule has 6 heteroatoms. The summed E-state index contributed by atoms with van der Waals surface area (Å²) in [5.74, 6) is 1.88. The lowest BCUT2D eigenvalue weighted by Gasteiger charge is -2.23. The zero-order chi connectivity index (χ0) is 18.8. The molecule has 1 aliphatic heterocycles. The summed E-state index contributed by atoms with van der Waals surface area (Å²) >= 11 is 1.70. The van der Waals surface area contributed by atoms with Gasteiger partial charge in [0.25, 0.3) is 5.91 Å². The molecule has 0 unspecified atom stereocenters. The Balaban J connectivity index is 1.73. The minimum atomic E-state index is -0.172. The molecule has 2 heterocycles. The van der Waals surface area contributed by atoms with E-state index in [1.54, 1.807) is 16.7 Å². The lowest BCUT2D eigenvalue weighted by Crippen LogP contribution is -2.32. The number of carbonyl (C=O) groups is 1. The summed E-state index contributed by atoms with van der Waals surface area (Å²) in [4.78, 5) is 16.2. The maximum absolute atomic E-state index is 13.3. The van der Waals surface area contributed by atoms with Gasteiger partial charge < -0.3 is 14.2 Å². The normalized spacial score (nSPS) is 12.2. The van der Waals surface area contributed by atoms with E-state index in [1.165, 1.54) is 0 Å². The Morgan fingerprint density at radius 1 is 1.19 bits per heavy atom. The van der Waals surface area contributed by atoms with Crippen LogP contribution < -0.4 is 9.64 Å². The summed E-state index contributed by atoms with van der Waals surface area (Å²) in [6, 6.07) is 15.6. The predicted octanol–water partition coefficient (Wildman–Crippen LogP) is 5.01. The Bertz CT molecular complexity index is 983. The highest BCUT2D eigenvalue weighted by Crippen LogP contribution is 2.43. The van der Waals surface area contributed by atoms with E-state index in [-0.39, 0.29) is 5.91 Å². The van der Waals surface area contributed by atoms with Gasteiger partial charge in [0.2, 0.25) is 0 Å². The van der Waals surface area contributed by atoms with Crippen LogP contribution in [0.15, 0.2) is 57.9 Å². The molecule has 0 N–H and O–H groups in total. The lowest BCUT2D eigenvalue weighted by molar-refractivity contribution is 0.0978. The molecule has 1 aliphatic rings. The summed E-state index contributed by atoms with van der Waals surface area (Å²) in [5.41, 5.74) is 2.97. The largest absolute Gasteiger partial charge is 0.492 e. The number of amides is 1.